The van der Waals surface area contributed by atoms with Crippen LogP contribution in [0.25, 0.3) is 0 Å². The zero-order valence-corrected chi connectivity index (χ0v) is 40.1. The average Bonchev–Trinajstić information content (AvgIpc) is 3.31. The first-order chi connectivity index (χ1) is 35.4. The Bertz CT molecular complexity index is 2820. The van der Waals surface area contributed by atoms with Crippen molar-refractivity contribution in [1.82, 2.24) is 20.6 Å². The monoisotopic (exact) mass is 1130 g/mol. The van der Waals surface area contributed by atoms with E-state index in [0.29, 0.717) is 23.3 Å². The van der Waals surface area contributed by atoms with Gasteiger partial charge < -0.3 is 14.6 Å². The van der Waals surface area contributed by atoms with Gasteiger partial charge in [-0.05, 0) is 70.8 Å². The van der Waals surface area contributed by atoms with Crippen LogP contribution in [0.1, 0.15) is 46.5 Å². The van der Waals surface area contributed by atoms with Crippen LogP contribution in [-0.2, 0) is 28.7 Å². The van der Waals surface area contributed by atoms with Crippen molar-refractivity contribution < 1.29 is 89.6 Å². The number of halogens is 18. The van der Waals surface area contributed by atoms with E-state index in [1.807, 2.05) is 0 Å². The molecule has 0 fully saturated rings. The first-order valence-electron chi connectivity index (χ1n) is 21.9. The summed E-state index contributed by atoms with van der Waals surface area (Å²) in [5.74, 6) is -5.57. The fourth-order valence-corrected chi connectivity index (χ4v) is 7.78. The largest absolute Gasteiger partial charge is 0.461 e. The molecule has 0 aliphatic heterocycles. The van der Waals surface area contributed by atoms with Crippen LogP contribution in [0.2, 0.25) is 10.0 Å². The lowest BCUT2D eigenvalue weighted by molar-refractivity contribution is -0.253. The van der Waals surface area contributed by atoms with Gasteiger partial charge in [-0.15, -0.1) is 0 Å². The van der Waals surface area contributed by atoms with Crippen molar-refractivity contribution in [3.8, 4) is 11.5 Å². The molecule has 0 saturated carbocycles. The molecule has 0 aliphatic carbocycles. The van der Waals surface area contributed by atoms with Gasteiger partial charge in [0.05, 0.1) is 51.6 Å². The summed E-state index contributed by atoms with van der Waals surface area (Å²) >= 11 is 11.9. The van der Waals surface area contributed by atoms with Crippen molar-refractivity contribution in [2.24, 2.45) is 0 Å². The summed E-state index contributed by atoms with van der Waals surface area (Å²) in [5, 5.41) is 15.9. The highest BCUT2D eigenvalue weighted by molar-refractivity contribution is 6.30. The summed E-state index contributed by atoms with van der Waals surface area (Å²) < 4.78 is 220. The van der Waals surface area contributed by atoms with Crippen molar-refractivity contribution >= 4 is 29.0 Å². The van der Waals surface area contributed by atoms with Crippen molar-refractivity contribution in [1.29, 1.82) is 0 Å². The van der Waals surface area contributed by atoms with Crippen LogP contribution in [0.5, 0.6) is 11.5 Å². The van der Waals surface area contributed by atoms with Gasteiger partial charge in [-0.25, -0.2) is 8.78 Å². The molecule has 0 saturated heterocycles. The van der Waals surface area contributed by atoms with Crippen molar-refractivity contribution in [3.63, 3.8) is 0 Å². The molecule has 8 nitrogen and oxygen atoms in total. The van der Waals surface area contributed by atoms with Crippen molar-refractivity contribution in [3.05, 3.63) is 189 Å². The smallest absolute Gasteiger partial charge is 0.428 e. The second kappa shape index (κ2) is 25.3. The van der Waals surface area contributed by atoms with Gasteiger partial charge in [0, 0.05) is 43.9 Å². The van der Waals surface area contributed by atoms with E-state index in [1.54, 1.807) is 60.7 Å². The van der Waals surface area contributed by atoms with Gasteiger partial charge in [0.2, 0.25) is 0 Å². The molecule has 26 heteroatoms. The second-order valence-electron chi connectivity index (χ2n) is 16.7. The number of hydrogen-bond acceptors (Lipinski definition) is 8. The van der Waals surface area contributed by atoms with Gasteiger partial charge in [0.1, 0.15) is 29.6 Å². The number of aliphatic hydroxyl groups is 1. The third-order valence-electron chi connectivity index (χ3n) is 10.8. The molecule has 6 aromatic rings. The Morgan fingerprint density at radius 2 is 0.974 bits per heavy atom. The van der Waals surface area contributed by atoms with E-state index in [0.717, 1.165) is 24.3 Å². The third-order valence-corrected chi connectivity index (χ3v) is 11.2. The molecular weight excluding hydrogens is 1100 g/mol. The number of hydrogen-bond donors (Lipinski definition) is 3. The lowest BCUT2D eigenvalue weighted by Crippen LogP contribution is -2.49. The predicted octanol–water partition coefficient (Wildman–Crippen LogP) is 13.2. The number of rotatable bonds is 22. The number of alkyl halides is 14. The molecule has 3 atom stereocenters. The Morgan fingerprint density at radius 3 is 1.33 bits per heavy atom. The number of ether oxygens (including phenoxy) is 2. The molecule has 6 rings (SSSR count). The number of carbonyl (C=O) groups excluding carboxylic acids is 1. The fraction of sp³-hybridized carbons (Fsp3) is 0.300. The standard InChI is InChI=1S/C25H21ClF8N2O2.C25H19ClF8N2O2/c2*26-17-6-7-21(35-13-17)23(11-15-4-2-1-3-5-15,36-14-19(37)12-24(30,31)32)16-8-18(27)10-20(9-16)38-25(33,34)22(28)29/h1-10,13,19,22,36-37H,11-12,14H2;1-10,13,22,36H,11-12,14H2/t19?,23-;23-/m00/s1. The highest BCUT2D eigenvalue weighted by Gasteiger charge is 2.47. The molecule has 2 aromatic heterocycles. The highest BCUT2D eigenvalue weighted by Crippen LogP contribution is 2.40. The normalized spacial score (nSPS) is 14.3. The van der Waals surface area contributed by atoms with Gasteiger partial charge >= 0.3 is 37.4 Å². The summed E-state index contributed by atoms with van der Waals surface area (Å²) in [7, 11) is 0. The number of nitrogens with one attached hydrogen (secondary N) is 2. The Labute approximate surface area is 432 Å². The molecule has 4 aromatic carbocycles. The number of ketones is 1. The molecule has 0 spiro atoms. The maximum Gasteiger partial charge on any atom is 0.461 e. The van der Waals surface area contributed by atoms with Crippen molar-refractivity contribution in [2.75, 3.05) is 13.1 Å². The number of benzene rings is 4. The fourth-order valence-electron chi connectivity index (χ4n) is 7.56. The van der Waals surface area contributed by atoms with E-state index in [4.69, 9.17) is 23.2 Å². The summed E-state index contributed by atoms with van der Waals surface area (Å²) in [6.07, 6.45) is -31.1. The SMILES string of the molecule is O=C(CN[C@@](Cc1ccccc1)(c1cc(F)cc(OC(F)(F)C(F)F)c1)c1ccc(Cl)cn1)CC(F)(F)F.OC(CN[C@@](Cc1ccccc1)(c1cc(F)cc(OC(F)(F)C(F)F)c1)c1ccc(Cl)cn1)CC(F)(F)F. The van der Waals surface area contributed by atoms with E-state index < -0.39 is 109 Å². The Balaban J connectivity index is 0.000000281. The van der Waals surface area contributed by atoms with E-state index in [-0.39, 0.29) is 45.4 Å². The summed E-state index contributed by atoms with van der Waals surface area (Å²) in [4.78, 5) is 20.6. The van der Waals surface area contributed by atoms with Crippen LogP contribution >= 0.6 is 23.2 Å². The third kappa shape index (κ3) is 17.4. The van der Waals surface area contributed by atoms with E-state index in [1.165, 1.54) is 36.7 Å². The first kappa shape index (κ1) is 60.7. The van der Waals surface area contributed by atoms with Crippen molar-refractivity contribution in [2.45, 2.75) is 80.3 Å². The molecule has 0 radical (unpaired) electrons. The van der Waals surface area contributed by atoms with Gasteiger partial charge in [-0.3, -0.25) is 25.4 Å². The van der Waals surface area contributed by atoms with Crippen LogP contribution < -0.4 is 20.1 Å². The zero-order valence-electron chi connectivity index (χ0n) is 38.5. The minimum Gasteiger partial charge on any atom is -0.428 e. The molecule has 3 N–H and O–H groups in total. The Kier molecular flexibility index (Phi) is 20.2. The Morgan fingerprint density at radius 1 is 0.566 bits per heavy atom. The number of aromatic nitrogens is 2. The molecule has 0 amide bonds. The van der Waals surface area contributed by atoms with E-state index >= 15 is 0 Å². The first-order valence-corrected chi connectivity index (χ1v) is 22.6. The molecule has 1 unspecified atom stereocenters. The lowest BCUT2D eigenvalue weighted by atomic mass is 9.80. The molecular formula is C50H40Cl2F16N4O4. The molecule has 0 aliphatic rings. The highest BCUT2D eigenvalue weighted by atomic mass is 35.5. The van der Waals surface area contributed by atoms with Crippen LogP contribution in [0.4, 0.5) is 70.2 Å². The van der Waals surface area contributed by atoms with E-state index in [2.05, 4.69) is 30.1 Å². The minimum absolute atomic E-state index is 0.0164. The maximum atomic E-state index is 14.7. The molecule has 0 bridgehead atoms. The van der Waals surface area contributed by atoms with Gasteiger partial charge in [-0.1, -0.05) is 83.9 Å². The van der Waals surface area contributed by atoms with Gasteiger partial charge in [0.15, 0.2) is 5.78 Å². The average molecular weight is 1140 g/mol. The number of carbonyl (C=O) groups is 1. The zero-order chi connectivity index (χ0) is 56.3. The lowest BCUT2D eigenvalue weighted by Gasteiger charge is -2.37. The topological polar surface area (TPSA) is 106 Å². The second-order valence-corrected chi connectivity index (χ2v) is 17.6. The molecule has 76 heavy (non-hydrogen) atoms. The Hall–Kier alpha value is -6.21. The van der Waals surface area contributed by atoms with E-state index in [9.17, 15) is 80.1 Å². The van der Waals surface area contributed by atoms with Crippen LogP contribution in [-0.4, -0.2) is 77.5 Å². The molecule has 410 valence electrons. The molecule has 2 heterocycles. The van der Waals surface area contributed by atoms with Crippen LogP contribution in [0.3, 0.4) is 0 Å². The summed E-state index contributed by atoms with van der Waals surface area (Å²) in [5.41, 5.74) is -2.89. The number of nitrogens with zero attached hydrogens (tertiary/aromatic N) is 2. The predicted molar refractivity (Wildman–Crippen MR) is 245 cm³/mol. The summed E-state index contributed by atoms with van der Waals surface area (Å²) in [6.45, 7) is -1.59. The van der Waals surface area contributed by atoms with Gasteiger partial charge in [-0.2, -0.15) is 61.5 Å². The van der Waals surface area contributed by atoms with Crippen LogP contribution in [0, 0.1) is 11.6 Å². The van der Waals surface area contributed by atoms with Gasteiger partial charge in [0.25, 0.3) is 0 Å². The summed E-state index contributed by atoms with van der Waals surface area (Å²) in [6, 6.07) is 26.2. The quantitative estimate of drug-likeness (QED) is 0.0578. The minimum atomic E-state index is -4.97. The number of aliphatic hydroxyl groups excluding tert-OH is 1. The van der Waals surface area contributed by atoms with Crippen LogP contribution in [0.15, 0.2) is 134 Å². The number of Topliss-reactive ketones (excluding diaryl/α,β-unsaturated/α-hetero) is 1. The number of pyridine rings is 2. The maximum absolute atomic E-state index is 14.7.